The molecule has 0 aromatic carbocycles. The molecule has 0 radical (unpaired) electrons. The van der Waals surface area contributed by atoms with Crippen molar-refractivity contribution in [2.75, 3.05) is 6.54 Å². The predicted molar refractivity (Wildman–Crippen MR) is 61.1 cm³/mol. The summed E-state index contributed by atoms with van der Waals surface area (Å²) in [5.74, 6) is 3.24. The lowest BCUT2D eigenvalue weighted by molar-refractivity contribution is 0.330. The summed E-state index contributed by atoms with van der Waals surface area (Å²) in [6.45, 7) is 0.893. The second-order valence-corrected chi connectivity index (χ2v) is 5.41. The Balaban J connectivity index is 1.71. The maximum atomic E-state index is 5.56. The minimum absolute atomic E-state index is 0.893. The van der Waals surface area contributed by atoms with Gasteiger partial charge in [-0.3, -0.25) is 0 Å². The molecule has 1 unspecified atom stereocenters. The van der Waals surface area contributed by atoms with Crippen LogP contribution in [-0.2, 0) is 0 Å². The van der Waals surface area contributed by atoms with Crippen molar-refractivity contribution in [3.05, 3.63) is 0 Å². The molecule has 2 aliphatic carbocycles. The summed E-state index contributed by atoms with van der Waals surface area (Å²) < 4.78 is 0. The van der Waals surface area contributed by atoms with E-state index in [4.69, 9.17) is 5.73 Å². The van der Waals surface area contributed by atoms with Crippen LogP contribution in [-0.4, -0.2) is 6.54 Å². The molecule has 1 heteroatoms. The molecule has 0 aliphatic heterocycles. The Kier molecular flexibility index (Phi) is 3.86. The van der Waals surface area contributed by atoms with Crippen molar-refractivity contribution in [2.24, 2.45) is 23.5 Å². The Morgan fingerprint density at radius 1 is 0.929 bits per heavy atom. The summed E-state index contributed by atoms with van der Waals surface area (Å²) in [5, 5.41) is 0. The van der Waals surface area contributed by atoms with Crippen LogP contribution < -0.4 is 5.73 Å². The third kappa shape index (κ3) is 2.50. The largest absolute Gasteiger partial charge is 0.330 e. The van der Waals surface area contributed by atoms with Crippen LogP contribution in [0.5, 0.6) is 0 Å². The minimum atomic E-state index is 0.893. The molecule has 2 N–H and O–H groups in total. The van der Waals surface area contributed by atoms with Gasteiger partial charge in [0.15, 0.2) is 0 Å². The first-order chi connectivity index (χ1) is 6.90. The van der Waals surface area contributed by atoms with Crippen LogP contribution in [0.3, 0.4) is 0 Å². The maximum absolute atomic E-state index is 5.56. The van der Waals surface area contributed by atoms with Crippen LogP contribution in [0.25, 0.3) is 0 Å². The number of hydrogen-bond donors (Lipinski definition) is 1. The molecule has 14 heavy (non-hydrogen) atoms. The van der Waals surface area contributed by atoms with Crippen molar-refractivity contribution in [3.63, 3.8) is 0 Å². The zero-order chi connectivity index (χ0) is 9.80. The fraction of sp³-hybridized carbons (Fsp3) is 1.00. The molecular formula is C13H25N. The van der Waals surface area contributed by atoms with Gasteiger partial charge in [0.2, 0.25) is 0 Å². The number of hydrogen-bond acceptors (Lipinski definition) is 1. The van der Waals surface area contributed by atoms with E-state index in [0.717, 1.165) is 24.3 Å². The van der Waals surface area contributed by atoms with Gasteiger partial charge in [-0.05, 0) is 50.0 Å². The van der Waals surface area contributed by atoms with Crippen LogP contribution >= 0.6 is 0 Å². The Morgan fingerprint density at radius 3 is 2.43 bits per heavy atom. The van der Waals surface area contributed by atoms with Crippen molar-refractivity contribution in [3.8, 4) is 0 Å². The van der Waals surface area contributed by atoms with Crippen LogP contribution in [0.4, 0.5) is 0 Å². The van der Waals surface area contributed by atoms with Crippen molar-refractivity contribution in [1.82, 2.24) is 0 Å². The molecule has 82 valence electrons. The van der Waals surface area contributed by atoms with Crippen LogP contribution in [0.15, 0.2) is 0 Å². The molecule has 0 spiro atoms. The van der Waals surface area contributed by atoms with Gasteiger partial charge in [-0.25, -0.2) is 0 Å². The van der Waals surface area contributed by atoms with E-state index < -0.39 is 0 Å². The lowest BCUT2D eigenvalue weighted by Gasteiger charge is -2.17. The first kappa shape index (κ1) is 10.5. The van der Waals surface area contributed by atoms with Gasteiger partial charge in [0.05, 0.1) is 0 Å². The van der Waals surface area contributed by atoms with Gasteiger partial charge < -0.3 is 5.73 Å². The molecule has 0 aromatic heterocycles. The van der Waals surface area contributed by atoms with Crippen LogP contribution in [0.2, 0.25) is 0 Å². The molecule has 2 fully saturated rings. The second kappa shape index (κ2) is 5.16. The molecule has 2 aliphatic rings. The zero-order valence-electron chi connectivity index (χ0n) is 9.38. The first-order valence-corrected chi connectivity index (χ1v) is 6.60. The Bertz CT molecular complexity index is 161. The average molecular weight is 195 g/mol. The highest BCUT2D eigenvalue weighted by Gasteiger charge is 2.31. The third-order valence-electron chi connectivity index (χ3n) is 4.46. The van der Waals surface area contributed by atoms with Gasteiger partial charge in [0.25, 0.3) is 0 Å². The van der Waals surface area contributed by atoms with Gasteiger partial charge in [0.1, 0.15) is 0 Å². The third-order valence-corrected chi connectivity index (χ3v) is 4.46. The summed E-state index contributed by atoms with van der Waals surface area (Å²) >= 11 is 0. The van der Waals surface area contributed by atoms with Crippen LogP contribution in [0, 0.1) is 17.8 Å². The molecule has 0 amide bonds. The highest BCUT2D eigenvalue weighted by atomic mass is 14.5. The summed E-state index contributed by atoms with van der Waals surface area (Å²) in [6.07, 6.45) is 13.3. The lowest BCUT2D eigenvalue weighted by atomic mass is 9.88. The Morgan fingerprint density at radius 2 is 1.71 bits per heavy atom. The quantitative estimate of drug-likeness (QED) is 0.731. The summed E-state index contributed by atoms with van der Waals surface area (Å²) in [7, 11) is 0. The standard InChI is InChI=1S/C13H25N/c14-9-3-4-11-7-8-13(10-11)12-5-1-2-6-12/h11-13H,1-10,14H2/t11?,13-/m1/s1. The molecule has 0 saturated heterocycles. The zero-order valence-corrected chi connectivity index (χ0v) is 9.38. The van der Waals surface area contributed by atoms with E-state index in [1.165, 1.54) is 57.8 Å². The smallest absolute Gasteiger partial charge is 0.00772 e. The highest BCUT2D eigenvalue weighted by molar-refractivity contribution is 4.83. The van der Waals surface area contributed by atoms with Crippen molar-refractivity contribution < 1.29 is 0 Å². The Labute approximate surface area is 88.4 Å². The van der Waals surface area contributed by atoms with E-state index in [2.05, 4.69) is 0 Å². The molecule has 1 nitrogen and oxygen atoms in total. The van der Waals surface area contributed by atoms with Crippen LogP contribution in [0.1, 0.15) is 57.8 Å². The van der Waals surface area contributed by atoms with E-state index in [-0.39, 0.29) is 0 Å². The predicted octanol–water partition coefficient (Wildman–Crippen LogP) is 3.33. The molecular weight excluding hydrogens is 170 g/mol. The number of nitrogens with two attached hydrogens (primary N) is 1. The first-order valence-electron chi connectivity index (χ1n) is 6.60. The highest BCUT2D eigenvalue weighted by Crippen LogP contribution is 2.43. The van der Waals surface area contributed by atoms with E-state index in [9.17, 15) is 0 Å². The molecule has 2 rings (SSSR count). The van der Waals surface area contributed by atoms with Gasteiger partial charge in [-0.1, -0.05) is 32.1 Å². The number of rotatable bonds is 4. The topological polar surface area (TPSA) is 26.0 Å². The minimum Gasteiger partial charge on any atom is -0.330 e. The summed E-state index contributed by atoms with van der Waals surface area (Å²) in [4.78, 5) is 0. The monoisotopic (exact) mass is 195 g/mol. The van der Waals surface area contributed by atoms with Crippen molar-refractivity contribution in [1.29, 1.82) is 0 Å². The van der Waals surface area contributed by atoms with Gasteiger partial charge in [0, 0.05) is 0 Å². The Hall–Kier alpha value is -0.0400. The second-order valence-electron chi connectivity index (χ2n) is 5.41. The molecule has 2 saturated carbocycles. The SMILES string of the molecule is NCCCC1CC[C@@H](C2CCCC2)C1. The fourth-order valence-corrected chi connectivity index (χ4v) is 3.64. The summed E-state index contributed by atoms with van der Waals surface area (Å²) in [5.41, 5.74) is 5.56. The lowest BCUT2D eigenvalue weighted by Crippen LogP contribution is -2.08. The maximum Gasteiger partial charge on any atom is -0.00772 e. The van der Waals surface area contributed by atoms with E-state index >= 15 is 0 Å². The average Bonchev–Trinajstić information content (AvgIpc) is 2.85. The molecule has 0 heterocycles. The molecule has 0 bridgehead atoms. The summed E-state index contributed by atoms with van der Waals surface area (Å²) in [6, 6.07) is 0. The van der Waals surface area contributed by atoms with Gasteiger partial charge >= 0.3 is 0 Å². The van der Waals surface area contributed by atoms with Gasteiger partial charge in [-0.2, -0.15) is 0 Å². The van der Waals surface area contributed by atoms with E-state index in [0.29, 0.717) is 0 Å². The fourth-order valence-electron chi connectivity index (χ4n) is 3.64. The van der Waals surface area contributed by atoms with Crippen molar-refractivity contribution in [2.45, 2.75) is 57.8 Å². The normalized spacial score (nSPS) is 34.1. The van der Waals surface area contributed by atoms with Gasteiger partial charge in [-0.15, -0.1) is 0 Å². The van der Waals surface area contributed by atoms with E-state index in [1.54, 1.807) is 0 Å². The molecule has 2 atom stereocenters. The van der Waals surface area contributed by atoms with Crippen molar-refractivity contribution >= 4 is 0 Å². The van der Waals surface area contributed by atoms with E-state index in [1.807, 2.05) is 0 Å². The molecule has 0 aromatic rings.